The van der Waals surface area contributed by atoms with Gasteiger partial charge in [0, 0.05) is 13.1 Å². The number of oxime groups is 1. The molecule has 1 rings (SSSR count). The molecular weight excluding hydrogens is 310 g/mol. The number of amidine groups is 1. The smallest absolute Gasteiger partial charge is 0.214 e. The van der Waals surface area contributed by atoms with E-state index in [2.05, 4.69) is 5.16 Å². The molecule has 0 aromatic heterocycles. The van der Waals surface area contributed by atoms with Crippen LogP contribution in [-0.2, 0) is 10.0 Å². The molecule has 0 amide bonds. The Hall–Kier alpha value is -0.470. The number of thioether (sulfide) groups is 1. The van der Waals surface area contributed by atoms with E-state index in [0.717, 1.165) is 0 Å². The third-order valence-corrected chi connectivity index (χ3v) is 7.27. The average Bonchev–Trinajstić information content (AvgIpc) is 2.43. The molecule has 0 unspecified atom stereocenters. The van der Waals surface area contributed by atoms with Crippen LogP contribution in [0, 0.1) is 5.41 Å². The summed E-state index contributed by atoms with van der Waals surface area (Å²) in [5.41, 5.74) is 5.77. The van der Waals surface area contributed by atoms with E-state index >= 15 is 0 Å². The lowest BCUT2D eigenvalue weighted by Gasteiger charge is -2.39. The predicted octanol–water partition coefficient (Wildman–Crippen LogP) is 1.70. The van der Waals surface area contributed by atoms with Crippen LogP contribution in [0.25, 0.3) is 0 Å². The molecule has 1 saturated heterocycles. The van der Waals surface area contributed by atoms with E-state index in [1.165, 1.54) is 16.1 Å². The van der Waals surface area contributed by atoms with Crippen LogP contribution in [0.3, 0.4) is 0 Å². The number of nitrogens with two attached hydrogens (primary N) is 1. The van der Waals surface area contributed by atoms with Crippen LogP contribution >= 0.6 is 11.8 Å². The summed E-state index contributed by atoms with van der Waals surface area (Å²) in [6.45, 7) is 6.95. The molecule has 0 aliphatic carbocycles. The van der Waals surface area contributed by atoms with Gasteiger partial charge in [-0.25, -0.2) is 12.7 Å². The molecule has 0 saturated carbocycles. The fourth-order valence-corrected chi connectivity index (χ4v) is 5.05. The summed E-state index contributed by atoms with van der Waals surface area (Å²) in [6.07, 6.45) is 3.68. The Kier molecular flexibility index (Phi) is 5.97. The Balaban J connectivity index is 2.71. The van der Waals surface area contributed by atoms with Gasteiger partial charge < -0.3 is 10.9 Å². The van der Waals surface area contributed by atoms with Crippen molar-refractivity contribution in [1.82, 2.24) is 4.31 Å². The van der Waals surface area contributed by atoms with Gasteiger partial charge in [0.15, 0.2) is 5.84 Å². The number of hydrogen-bond acceptors (Lipinski definition) is 5. The largest absolute Gasteiger partial charge is 0.409 e. The third kappa shape index (κ3) is 4.75. The predicted molar refractivity (Wildman–Crippen MR) is 88.3 cm³/mol. The number of piperidine rings is 1. The summed E-state index contributed by atoms with van der Waals surface area (Å²) < 4.78 is 25.8. The lowest BCUT2D eigenvalue weighted by molar-refractivity contribution is 0.299. The second-order valence-electron chi connectivity index (χ2n) is 6.71. The van der Waals surface area contributed by atoms with Crippen molar-refractivity contribution in [2.24, 2.45) is 16.3 Å². The van der Waals surface area contributed by atoms with Crippen molar-refractivity contribution in [2.75, 3.05) is 25.1 Å². The minimum Gasteiger partial charge on any atom is -0.409 e. The molecule has 0 bridgehead atoms. The molecule has 0 radical (unpaired) electrons. The lowest BCUT2D eigenvalue weighted by Crippen LogP contribution is -2.51. The molecule has 1 aliphatic heterocycles. The first kappa shape index (κ1) is 18.6. The molecule has 0 atom stereocenters. The van der Waals surface area contributed by atoms with E-state index in [9.17, 15) is 8.42 Å². The summed E-state index contributed by atoms with van der Waals surface area (Å²) in [5, 5.41) is 12.0. The molecule has 21 heavy (non-hydrogen) atoms. The van der Waals surface area contributed by atoms with Crippen molar-refractivity contribution < 1.29 is 13.6 Å². The molecule has 3 N–H and O–H groups in total. The fraction of sp³-hybridized carbons (Fsp3) is 0.923. The van der Waals surface area contributed by atoms with Gasteiger partial charge in [-0.3, -0.25) is 0 Å². The Morgan fingerprint density at radius 3 is 2.29 bits per heavy atom. The summed E-state index contributed by atoms with van der Waals surface area (Å²) in [4.78, 5) is 0. The van der Waals surface area contributed by atoms with Gasteiger partial charge in [-0.2, -0.15) is 11.8 Å². The molecule has 0 aromatic rings. The molecule has 124 valence electrons. The standard InChI is InChI=1S/C13H27N3O3S2/c1-12(2,3)7-10-21(18,19)16-8-5-13(20-4,6-9-16)11(14)15-17/h17H,5-10H2,1-4H3,(H2,14,15). The Labute approximate surface area is 132 Å². The normalized spacial score (nSPS) is 21.4. The van der Waals surface area contributed by atoms with Gasteiger partial charge in [-0.05, 0) is 30.9 Å². The van der Waals surface area contributed by atoms with Crippen molar-refractivity contribution in [3.05, 3.63) is 0 Å². The molecule has 0 aromatic carbocycles. The van der Waals surface area contributed by atoms with Crippen molar-refractivity contribution in [1.29, 1.82) is 0 Å². The van der Waals surface area contributed by atoms with Crippen molar-refractivity contribution >= 4 is 27.6 Å². The van der Waals surface area contributed by atoms with Crippen LogP contribution in [0.15, 0.2) is 5.16 Å². The first-order valence-electron chi connectivity index (χ1n) is 7.07. The summed E-state index contributed by atoms with van der Waals surface area (Å²) in [7, 11) is -3.23. The van der Waals surface area contributed by atoms with Crippen LogP contribution in [0.4, 0.5) is 0 Å². The molecule has 1 fully saturated rings. The lowest BCUT2D eigenvalue weighted by atomic mass is 9.94. The van der Waals surface area contributed by atoms with E-state index in [0.29, 0.717) is 32.4 Å². The Morgan fingerprint density at radius 1 is 1.38 bits per heavy atom. The summed E-state index contributed by atoms with van der Waals surface area (Å²) in [6, 6.07) is 0. The first-order chi connectivity index (χ1) is 9.56. The zero-order valence-corrected chi connectivity index (χ0v) is 14.9. The summed E-state index contributed by atoms with van der Waals surface area (Å²) >= 11 is 1.52. The second kappa shape index (κ2) is 6.75. The van der Waals surface area contributed by atoms with Gasteiger partial charge in [0.25, 0.3) is 0 Å². The van der Waals surface area contributed by atoms with E-state index in [1.54, 1.807) is 0 Å². The van der Waals surface area contributed by atoms with Gasteiger partial charge >= 0.3 is 0 Å². The number of rotatable bonds is 5. The maximum absolute atomic E-state index is 12.4. The first-order valence-corrected chi connectivity index (χ1v) is 9.91. The molecule has 1 aliphatic rings. The molecular formula is C13H27N3O3S2. The highest BCUT2D eigenvalue weighted by atomic mass is 32.2. The SMILES string of the molecule is CSC1(C(N)=NO)CCN(S(=O)(=O)CCC(C)(C)C)CC1. The van der Waals surface area contributed by atoms with Crippen LogP contribution in [0.5, 0.6) is 0 Å². The van der Waals surface area contributed by atoms with Crippen molar-refractivity contribution in [3.8, 4) is 0 Å². The van der Waals surface area contributed by atoms with E-state index < -0.39 is 14.8 Å². The van der Waals surface area contributed by atoms with E-state index in [1.807, 2.05) is 27.0 Å². The van der Waals surface area contributed by atoms with Crippen LogP contribution in [0.2, 0.25) is 0 Å². The Morgan fingerprint density at radius 2 is 1.90 bits per heavy atom. The topological polar surface area (TPSA) is 96.0 Å². The van der Waals surface area contributed by atoms with E-state index in [4.69, 9.17) is 10.9 Å². The zero-order chi connectivity index (χ0) is 16.3. The summed E-state index contributed by atoms with van der Waals surface area (Å²) in [5.74, 6) is 0.355. The molecule has 8 heteroatoms. The monoisotopic (exact) mass is 337 g/mol. The third-order valence-electron chi connectivity index (χ3n) is 4.00. The second-order valence-corrected chi connectivity index (χ2v) is 9.99. The molecule has 6 nitrogen and oxygen atoms in total. The van der Waals surface area contributed by atoms with Crippen LogP contribution < -0.4 is 5.73 Å². The molecule has 1 heterocycles. The van der Waals surface area contributed by atoms with Gasteiger partial charge in [0.2, 0.25) is 10.0 Å². The maximum atomic E-state index is 12.4. The maximum Gasteiger partial charge on any atom is 0.214 e. The van der Waals surface area contributed by atoms with Crippen LogP contribution in [0.1, 0.15) is 40.0 Å². The number of nitrogens with zero attached hydrogens (tertiary/aromatic N) is 2. The van der Waals surface area contributed by atoms with Gasteiger partial charge in [0.1, 0.15) is 0 Å². The zero-order valence-electron chi connectivity index (χ0n) is 13.3. The van der Waals surface area contributed by atoms with Gasteiger partial charge in [0.05, 0.1) is 10.5 Å². The minimum absolute atomic E-state index is 0.000139. The van der Waals surface area contributed by atoms with Crippen LogP contribution in [-0.4, -0.2) is 53.6 Å². The quantitative estimate of drug-likeness (QED) is 0.344. The fourth-order valence-electron chi connectivity index (χ4n) is 2.35. The van der Waals surface area contributed by atoms with Crippen molar-refractivity contribution in [3.63, 3.8) is 0 Å². The van der Waals surface area contributed by atoms with Gasteiger partial charge in [-0.1, -0.05) is 25.9 Å². The minimum atomic E-state index is -3.23. The number of sulfonamides is 1. The highest BCUT2D eigenvalue weighted by Crippen LogP contribution is 2.36. The average molecular weight is 338 g/mol. The van der Waals surface area contributed by atoms with Crippen molar-refractivity contribution in [2.45, 2.75) is 44.8 Å². The van der Waals surface area contributed by atoms with E-state index in [-0.39, 0.29) is 17.0 Å². The number of hydrogen-bond donors (Lipinski definition) is 2. The highest BCUT2D eigenvalue weighted by Gasteiger charge is 2.41. The molecule has 0 spiro atoms. The highest BCUT2D eigenvalue weighted by molar-refractivity contribution is 8.00. The Bertz CT molecular complexity index is 475. The van der Waals surface area contributed by atoms with Gasteiger partial charge in [-0.15, -0.1) is 0 Å².